The van der Waals surface area contributed by atoms with Crippen molar-refractivity contribution in [2.75, 3.05) is 0 Å². The summed E-state index contributed by atoms with van der Waals surface area (Å²) in [5.74, 6) is -0.146. The maximum absolute atomic E-state index is 12.0. The van der Waals surface area contributed by atoms with Crippen LogP contribution in [0.5, 0.6) is 0 Å². The molecule has 3 saturated carbocycles. The zero-order valence-corrected chi connectivity index (χ0v) is 13.9. The first-order chi connectivity index (χ1) is 11.6. The number of nitrogens with one attached hydrogen (secondary N) is 1. The van der Waals surface area contributed by atoms with Crippen molar-refractivity contribution in [1.82, 2.24) is 5.32 Å². The topological polar surface area (TPSA) is 75.6 Å². The number of carbonyl (C=O) groups is 2. The molecule has 3 aliphatic rings. The van der Waals surface area contributed by atoms with E-state index in [2.05, 4.69) is 5.32 Å². The molecule has 3 fully saturated rings. The lowest BCUT2D eigenvalue weighted by molar-refractivity contribution is -0.141. The summed E-state index contributed by atoms with van der Waals surface area (Å²) >= 11 is 0. The molecule has 2 N–H and O–H groups in total. The summed E-state index contributed by atoms with van der Waals surface area (Å²) in [6, 6.07) is 8.48. The minimum Gasteiger partial charge on any atom is -0.480 e. The van der Waals surface area contributed by atoms with Crippen LogP contribution in [-0.4, -0.2) is 23.2 Å². The minimum absolute atomic E-state index is 0.0878. The Hall–Kier alpha value is -2.04. The molecule has 0 aromatic heterocycles. The van der Waals surface area contributed by atoms with Gasteiger partial charge >= 0.3 is 12.1 Å². The van der Waals surface area contributed by atoms with Gasteiger partial charge in [0.25, 0.3) is 0 Å². The number of carboxylic acid groups (broad SMARTS) is 1. The number of ether oxygens (including phenoxy) is 1. The number of benzene rings is 1. The monoisotopic (exact) mass is 331 g/mol. The molecule has 1 aromatic rings. The summed E-state index contributed by atoms with van der Waals surface area (Å²) in [7, 11) is 0. The highest BCUT2D eigenvalue weighted by Gasteiger charge is 2.43. The Morgan fingerprint density at radius 3 is 2.38 bits per heavy atom. The van der Waals surface area contributed by atoms with Crippen LogP contribution in [0, 0.1) is 11.3 Å². The van der Waals surface area contributed by atoms with Crippen LogP contribution in [0.3, 0.4) is 0 Å². The second-order valence-electron chi connectivity index (χ2n) is 7.28. The fourth-order valence-electron chi connectivity index (χ4n) is 4.19. The van der Waals surface area contributed by atoms with Gasteiger partial charge in [0.15, 0.2) is 0 Å². The number of aliphatic carboxylic acids is 1. The standard InChI is InChI=1S/C19H25NO4/c21-17(22)16(12-19-9-6-14(7-10-19)8-11-19)20-18(23)24-13-15-4-2-1-3-5-15/h1-5,14,16H,6-13H2,(H,20,23)(H,21,22). The second-order valence-corrected chi connectivity index (χ2v) is 7.28. The van der Waals surface area contributed by atoms with Crippen LogP contribution in [0.1, 0.15) is 50.5 Å². The van der Waals surface area contributed by atoms with Gasteiger partial charge in [-0.25, -0.2) is 9.59 Å². The number of amides is 1. The molecule has 4 rings (SSSR count). The Balaban J connectivity index is 1.53. The molecular weight excluding hydrogens is 306 g/mol. The second kappa shape index (κ2) is 7.24. The molecule has 0 spiro atoms. The molecule has 1 aromatic carbocycles. The van der Waals surface area contributed by atoms with E-state index in [1.807, 2.05) is 30.3 Å². The summed E-state index contributed by atoms with van der Waals surface area (Å²) in [5.41, 5.74) is 0.966. The van der Waals surface area contributed by atoms with Crippen LogP contribution < -0.4 is 5.32 Å². The average molecular weight is 331 g/mol. The molecule has 1 atom stereocenters. The fourth-order valence-corrected chi connectivity index (χ4v) is 4.19. The summed E-state index contributed by atoms with van der Waals surface area (Å²) in [4.78, 5) is 23.6. The highest BCUT2D eigenvalue weighted by molar-refractivity contribution is 5.79. The van der Waals surface area contributed by atoms with Gasteiger partial charge in [-0.1, -0.05) is 30.3 Å². The van der Waals surface area contributed by atoms with E-state index in [0.29, 0.717) is 6.42 Å². The van der Waals surface area contributed by atoms with Crippen molar-refractivity contribution in [1.29, 1.82) is 0 Å². The van der Waals surface area contributed by atoms with Gasteiger partial charge in [0.1, 0.15) is 12.6 Å². The number of hydrogen-bond donors (Lipinski definition) is 2. The van der Waals surface area contributed by atoms with Crippen LogP contribution in [0.25, 0.3) is 0 Å². The van der Waals surface area contributed by atoms with Gasteiger partial charge in [-0.05, 0) is 61.8 Å². The van der Waals surface area contributed by atoms with Gasteiger partial charge < -0.3 is 15.2 Å². The minimum atomic E-state index is -0.978. The predicted molar refractivity (Wildman–Crippen MR) is 89.4 cm³/mol. The van der Waals surface area contributed by atoms with E-state index in [0.717, 1.165) is 30.7 Å². The van der Waals surface area contributed by atoms with Crippen molar-refractivity contribution in [3.8, 4) is 0 Å². The fraction of sp³-hybridized carbons (Fsp3) is 0.579. The van der Waals surface area contributed by atoms with Gasteiger partial charge in [0.05, 0.1) is 0 Å². The van der Waals surface area contributed by atoms with Crippen LogP contribution >= 0.6 is 0 Å². The third-order valence-corrected chi connectivity index (χ3v) is 5.69. The van der Waals surface area contributed by atoms with Crippen molar-refractivity contribution in [2.45, 2.75) is 57.6 Å². The van der Waals surface area contributed by atoms with Crippen molar-refractivity contribution in [3.63, 3.8) is 0 Å². The van der Waals surface area contributed by atoms with E-state index in [4.69, 9.17) is 4.74 Å². The van der Waals surface area contributed by atoms with Gasteiger partial charge in [-0.15, -0.1) is 0 Å². The maximum atomic E-state index is 12.0. The maximum Gasteiger partial charge on any atom is 0.408 e. The Kier molecular flexibility index (Phi) is 5.07. The first-order valence-electron chi connectivity index (χ1n) is 8.76. The zero-order chi connectivity index (χ0) is 17.0. The first kappa shape index (κ1) is 16.8. The molecule has 0 heterocycles. The van der Waals surface area contributed by atoms with Gasteiger partial charge in [0.2, 0.25) is 0 Å². The Morgan fingerprint density at radius 1 is 1.17 bits per heavy atom. The molecule has 24 heavy (non-hydrogen) atoms. The number of alkyl carbamates (subject to hydrolysis) is 1. The van der Waals surface area contributed by atoms with E-state index in [1.165, 1.54) is 19.3 Å². The van der Waals surface area contributed by atoms with E-state index in [-0.39, 0.29) is 12.0 Å². The molecule has 130 valence electrons. The third kappa shape index (κ3) is 4.08. The molecule has 5 heteroatoms. The molecule has 1 amide bonds. The highest BCUT2D eigenvalue weighted by Crippen LogP contribution is 2.52. The van der Waals surface area contributed by atoms with Crippen LogP contribution in [0.2, 0.25) is 0 Å². The quantitative estimate of drug-likeness (QED) is 0.833. The van der Waals surface area contributed by atoms with Crippen LogP contribution in [-0.2, 0) is 16.1 Å². The molecular formula is C19H25NO4. The van der Waals surface area contributed by atoms with Crippen molar-refractivity contribution < 1.29 is 19.4 Å². The van der Waals surface area contributed by atoms with Crippen molar-refractivity contribution in [2.24, 2.45) is 11.3 Å². The van der Waals surface area contributed by atoms with E-state index in [1.54, 1.807) is 0 Å². The van der Waals surface area contributed by atoms with Crippen LogP contribution in [0.4, 0.5) is 4.79 Å². The summed E-state index contributed by atoms with van der Waals surface area (Å²) < 4.78 is 5.16. The SMILES string of the molecule is O=C(NC(CC12CCC(CC1)CC2)C(=O)O)OCc1ccccc1. The van der Waals surface area contributed by atoms with Crippen LogP contribution in [0.15, 0.2) is 30.3 Å². The predicted octanol–water partition coefficient (Wildman–Crippen LogP) is 3.73. The van der Waals surface area contributed by atoms with E-state index in [9.17, 15) is 14.7 Å². The Morgan fingerprint density at radius 2 is 1.79 bits per heavy atom. The van der Waals surface area contributed by atoms with Gasteiger partial charge in [-0.3, -0.25) is 0 Å². The summed E-state index contributed by atoms with van der Waals surface area (Å²) in [6.45, 7) is 0.145. The van der Waals surface area contributed by atoms with Gasteiger partial charge in [0, 0.05) is 0 Å². The molecule has 1 unspecified atom stereocenters. The zero-order valence-electron chi connectivity index (χ0n) is 13.9. The molecule has 2 bridgehead atoms. The summed E-state index contributed by atoms with van der Waals surface area (Å²) in [6.07, 6.45) is 6.70. The Bertz CT molecular complexity index is 565. The number of hydrogen-bond acceptors (Lipinski definition) is 3. The first-order valence-corrected chi connectivity index (χ1v) is 8.76. The smallest absolute Gasteiger partial charge is 0.408 e. The number of rotatable bonds is 6. The van der Waals surface area contributed by atoms with Crippen molar-refractivity contribution >= 4 is 12.1 Å². The lowest BCUT2D eigenvalue weighted by Gasteiger charge is -2.47. The molecule has 0 radical (unpaired) electrons. The molecule has 0 aliphatic heterocycles. The molecule has 0 saturated heterocycles. The largest absolute Gasteiger partial charge is 0.480 e. The third-order valence-electron chi connectivity index (χ3n) is 5.69. The average Bonchev–Trinajstić information content (AvgIpc) is 2.61. The molecule has 3 aliphatic carbocycles. The number of fused-ring (bicyclic) bond motifs is 3. The van der Waals surface area contributed by atoms with E-state index < -0.39 is 18.1 Å². The van der Waals surface area contributed by atoms with Crippen molar-refractivity contribution in [3.05, 3.63) is 35.9 Å². The highest BCUT2D eigenvalue weighted by atomic mass is 16.5. The van der Waals surface area contributed by atoms with E-state index >= 15 is 0 Å². The lowest BCUT2D eigenvalue weighted by atomic mass is 9.58. The normalized spacial score (nSPS) is 26.6. The Labute approximate surface area is 142 Å². The lowest BCUT2D eigenvalue weighted by Crippen LogP contribution is -2.46. The molecule has 5 nitrogen and oxygen atoms in total. The number of carbonyl (C=O) groups excluding carboxylic acids is 1. The van der Waals surface area contributed by atoms with Gasteiger partial charge in [-0.2, -0.15) is 0 Å². The number of carboxylic acids is 1. The summed E-state index contributed by atoms with van der Waals surface area (Å²) in [5, 5.41) is 12.0.